The summed E-state index contributed by atoms with van der Waals surface area (Å²) in [7, 11) is 0. The molecule has 4 N–H and O–H groups in total. The molecule has 2 aromatic carbocycles. The van der Waals surface area contributed by atoms with E-state index in [4.69, 9.17) is 11.5 Å². The number of carbonyl (C=O) groups excluding carboxylic acids is 1. The van der Waals surface area contributed by atoms with Crippen LogP contribution >= 0.6 is 0 Å². The molecular weight excluding hydrogens is 456 g/mol. The third-order valence-electron chi connectivity index (χ3n) is 9.21. The molecule has 4 aliphatic rings. The number of rotatable bonds is 4. The van der Waals surface area contributed by atoms with Gasteiger partial charge < -0.3 is 16.4 Å². The molecule has 0 aromatic heterocycles. The average Bonchev–Trinajstić information content (AvgIpc) is 3.42. The molecule has 1 amide bonds. The van der Waals surface area contributed by atoms with E-state index < -0.39 is 0 Å². The highest BCUT2D eigenvalue weighted by Crippen LogP contribution is 2.40. The summed E-state index contributed by atoms with van der Waals surface area (Å²) in [6.45, 7) is 7.21. The van der Waals surface area contributed by atoms with Gasteiger partial charge in [-0.1, -0.05) is 85.0 Å². The molecule has 2 aromatic rings. The van der Waals surface area contributed by atoms with Crippen molar-refractivity contribution in [1.29, 1.82) is 0 Å². The van der Waals surface area contributed by atoms with E-state index in [1.807, 2.05) is 23.1 Å². The van der Waals surface area contributed by atoms with Crippen LogP contribution in [0.25, 0.3) is 0 Å². The zero-order valence-electron chi connectivity index (χ0n) is 22.3. The van der Waals surface area contributed by atoms with E-state index in [9.17, 15) is 4.79 Å². The van der Waals surface area contributed by atoms with Gasteiger partial charge in [0.25, 0.3) is 0 Å². The van der Waals surface area contributed by atoms with Crippen molar-refractivity contribution >= 4 is 5.91 Å². The van der Waals surface area contributed by atoms with Crippen LogP contribution in [-0.2, 0) is 4.79 Å². The van der Waals surface area contributed by atoms with Crippen molar-refractivity contribution in [2.75, 3.05) is 19.6 Å². The smallest absolute Gasteiger partial charge is 0.228 e. The Morgan fingerprint density at radius 2 is 1.32 bits per heavy atom. The lowest BCUT2D eigenvalue weighted by Crippen LogP contribution is -2.48. The molecule has 0 radical (unpaired) electrons. The fourth-order valence-electron chi connectivity index (χ4n) is 6.65. The van der Waals surface area contributed by atoms with E-state index in [-0.39, 0.29) is 28.9 Å². The molecule has 6 rings (SSSR count). The number of likely N-dealkylation sites (tertiary alicyclic amines) is 2. The maximum absolute atomic E-state index is 12.6. The standard InChI is InChI=1S/C16H20N2O.C16H22N2/c1-12(13-7-3-2-4-8-13)18-11-16(17)10-6-5-9-14(16)15(18)19;1-13(14-7-3-2-4-8-14)18-11-15-9-5-6-10-16(15,17)12-18/h2-8,12,14H,9-11,17H2,1H3;2-8,13,15H,9-12,17H2,1H3/t12-,14+,16-;13-,15+,16-/m11/s1. The normalized spacial score (nSPS) is 32.3. The molecule has 0 saturated carbocycles. The molecule has 2 aliphatic carbocycles. The van der Waals surface area contributed by atoms with Crippen LogP contribution in [0.2, 0.25) is 0 Å². The van der Waals surface area contributed by atoms with Crippen LogP contribution < -0.4 is 11.5 Å². The minimum Gasteiger partial charge on any atom is -0.334 e. The number of nitrogens with zero attached hydrogens (tertiary/aromatic N) is 2. The van der Waals surface area contributed by atoms with Gasteiger partial charge in [0.15, 0.2) is 0 Å². The lowest BCUT2D eigenvalue weighted by molar-refractivity contribution is -0.133. The first-order chi connectivity index (χ1) is 17.8. The number of hydrogen-bond acceptors (Lipinski definition) is 4. The Bertz CT molecular complexity index is 1130. The molecule has 0 bridgehead atoms. The quantitative estimate of drug-likeness (QED) is 0.583. The summed E-state index contributed by atoms with van der Waals surface area (Å²) in [6, 6.07) is 21.5. The molecule has 2 fully saturated rings. The van der Waals surface area contributed by atoms with Crippen LogP contribution in [0.15, 0.2) is 85.0 Å². The van der Waals surface area contributed by atoms with Gasteiger partial charge in [-0.15, -0.1) is 0 Å². The molecular formula is C32H42N4O. The van der Waals surface area contributed by atoms with E-state index in [2.05, 4.69) is 85.5 Å². The Morgan fingerprint density at radius 3 is 1.92 bits per heavy atom. The minimum atomic E-state index is -0.366. The molecule has 2 aliphatic heterocycles. The highest BCUT2D eigenvalue weighted by atomic mass is 16.2. The van der Waals surface area contributed by atoms with E-state index in [1.54, 1.807) is 0 Å². The van der Waals surface area contributed by atoms with Gasteiger partial charge in [-0.25, -0.2) is 0 Å². The Kier molecular flexibility index (Phi) is 7.39. The summed E-state index contributed by atoms with van der Waals surface area (Å²) >= 11 is 0. The zero-order chi connectivity index (χ0) is 26.0. The van der Waals surface area contributed by atoms with Crippen molar-refractivity contribution in [2.45, 2.75) is 62.7 Å². The first kappa shape index (κ1) is 25.9. The first-order valence-corrected chi connectivity index (χ1v) is 13.8. The van der Waals surface area contributed by atoms with Crippen LogP contribution in [0, 0.1) is 11.8 Å². The lowest BCUT2D eigenvalue weighted by Gasteiger charge is -2.32. The topological polar surface area (TPSA) is 75.6 Å². The average molecular weight is 499 g/mol. The molecule has 2 saturated heterocycles. The summed E-state index contributed by atoms with van der Waals surface area (Å²) in [4.78, 5) is 17.1. The fraction of sp³-hybridized carbons (Fsp3) is 0.469. The van der Waals surface area contributed by atoms with Crippen molar-refractivity contribution in [3.8, 4) is 0 Å². The largest absolute Gasteiger partial charge is 0.334 e. The number of fused-ring (bicyclic) bond motifs is 2. The number of nitrogens with two attached hydrogens (primary N) is 2. The van der Waals surface area contributed by atoms with Gasteiger partial charge >= 0.3 is 0 Å². The predicted octanol–water partition coefficient (Wildman–Crippen LogP) is 4.98. The van der Waals surface area contributed by atoms with Crippen molar-refractivity contribution in [1.82, 2.24) is 9.80 Å². The number of benzene rings is 2. The van der Waals surface area contributed by atoms with E-state index in [1.165, 1.54) is 11.1 Å². The number of amides is 1. The van der Waals surface area contributed by atoms with Gasteiger partial charge in [0, 0.05) is 36.8 Å². The van der Waals surface area contributed by atoms with Gasteiger partial charge in [0.2, 0.25) is 5.91 Å². The number of carbonyl (C=O) groups is 1. The number of hydrogen-bond donors (Lipinski definition) is 2. The molecule has 37 heavy (non-hydrogen) atoms. The summed E-state index contributed by atoms with van der Waals surface area (Å²) < 4.78 is 0. The third kappa shape index (κ3) is 5.18. The van der Waals surface area contributed by atoms with Gasteiger partial charge in [0.1, 0.15) is 0 Å². The SMILES string of the molecule is C[C@H](c1ccccc1)N1C[C@@H]2CC=CC[C@@]2(N)C1.C[C@H](c1ccccc1)N1C[C@]2(N)CC=CC[C@H]2C1=O. The molecule has 0 spiro atoms. The number of allylic oxidation sites excluding steroid dienone is 2. The van der Waals surface area contributed by atoms with E-state index in [0.29, 0.717) is 18.5 Å². The summed E-state index contributed by atoms with van der Waals surface area (Å²) in [6.07, 6.45) is 12.5. The zero-order valence-corrected chi connectivity index (χ0v) is 22.3. The van der Waals surface area contributed by atoms with Gasteiger partial charge in [-0.3, -0.25) is 9.69 Å². The predicted molar refractivity (Wildman–Crippen MR) is 151 cm³/mol. The molecule has 2 heterocycles. The Balaban J connectivity index is 0.000000152. The molecule has 0 unspecified atom stereocenters. The van der Waals surface area contributed by atoms with Crippen molar-refractivity contribution in [3.63, 3.8) is 0 Å². The first-order valence-electron chi connectivity index (χ1n) is 13.8. The van der Waals surface area contributed by atoms with E-state index >= 15 is 0 Å². The van der Waals surface area contributed by atoms with Crippen molar-refractivity contribution < 1.29 is 4.79 Å². The summed E-state index contributed by atoms with van der Waals surface area (Å²) in [5.41, 5.74) is 15.2. The highest BCUT2D eigenvalue weighted by Gasteiger charge is 2.50. The Labute approximate surface area is 222 Å². The molecule has 6 atom stereocenters. The summed E-state index contributed by atoms with van der Waals surface area (Å²) in [5.74, 6) is 0.806. The monoisotopic (exact) mass is 498 g/mol. The molecule has 196 valence electrons. The second-order valence-electron chi connectivity index (χ2n) is 11.6. The van der Waals surface area contributed by atoms with Crippen LogP contribution in [0.5, 0.6) is 0 Å². The Morgan fingerprint density at radius 1 is 0.757 bits per heavy atom. The maximum atomic E-state index is 12.6. The lowest BCUT2D eigenvalue weighted by atomic mass is 9.79. The third-order valence-corrected chi connectivity index (χ3v) is 9.21. The van der Waals surface area contributed by atoms with Gasteiger partial charge in [-0.05, 0) is 56.6 Å². The molecule has 5 heteroatoms. The van der Waals surface area contributed by atoms with Gasteiger partial charge in [0.05, 0.1) is 12.0 Å². The molecule has 5 nitrogen and oxygen atoms in total. The van der Waals surface area contributed by atoms with Crippen LogP contribution in [-0.4, -0.2) is 46.4 Å². The maximum Gasteiger partial charge on any atom is 0.228 e. The van der Waals surface area contributed by atoms with Crippen LogP contribution in [0.1, 0.15) is 62.7 Å². The Hall–Kier alpha value is -2.73. The van der Waals surface area contributed by atoms with Crippen molar-refractivity contribution in [2.24, 2.45) is 23.3 Å². The second kappa shape index (κ2) is 10.6. The fourth-order valence-corrected chi connectivity index (χ4v) is 6.65. The van der Waals surface area contributed by atoms with Crippen LogP contribution in [0.3, 0.4) is 0 Å². The summed E-state index contributed by atoms with van der Waals surface area (Å²) in [5, 5.41) is 0. The second-order valence-corrected chi connectivity index (χ2v) is 11.6. The van der Waals surface area contributed by atoms with E-state index in [0.717, 1.165) is 38.8 Å². The highest BCUT2D eigenvalue weighted by molar-refractivity contribution is 5.84. The van der Waals surface area contributed by atoms with Crippen molar-refractivity contribution in [3.05, 3.63) is 96.1 Å². The minimum absolute atomic E-state index is 0.0117. The van der Waals surface area contributed by atoms with Crippen LogP contribution in [0.4, 0.5) is 0 Å². The van der Waals surface area contributed by atoms with Gasteiger partial charge in [-0.2, -0.15) is 0 Å².